The van der Waals surface area contributed by atoms with Crippen molar-refractivity contribution in [1.82, 2.24) is 5.32 Å². The number of carbonyl (C=O) groups is 1. The molecule has 0 unspecified atom stereocenters. The molecule has 0 fully saturated rings. The van der Waals surface area contributed by atoms with E-state index in [1.807, 2.05) is 74.5 Å². The Kier molecular flexibility index (Phi) is 5.01. The van der Waals surface area contributed by atoms with Crippen molar-refractivity contribution in [2.45, 2.75) is 31.9 Å². The lowest BCUT2D eigenvalue weighted by Crippen LogP contribution is -2.41. The first-order valence-corrected chi connectivity index (χ1v) is 9.78. The van der Waals surface area contributed by atoms with E-state index in [2.05, 4.69) is 17.4 Å². The summed E-state index contributed by atoms with van der Waals surface area (Å²) in [5.74, 6) is 1.44. The van der Waals surface area contributed by atoms with E-state index in [4.69, 9.17) is 9.47 Å². The molecule has 29 heavy (non-hydrogen) atoms. The molecule has 4 heteroatoms. The number of methoxy groups -OCH3 is 1. The summed E-state index contributed by atoms with van der Waals surface area (Å²) in [6, 6.07) is 23.4. The highest BCUT2D eigenvalue weighted by atomic mass is 16.5. The van der Waals surface area contributed by atoms with Crippen molar-refractivity contribution in [3.63, 3.8) is 0 Å². The number of hydrogen-bond acceptors (Lipinski definition) is 3. The van der Waals surface area contributed by atoms with Gasteiger partial charge in [-0.15, -0.1) is 0 Å². The molecule has 0 aliphatic carbocycles. The van der Waals surface area contributed by atoms with Gasteiger partial charge in [0.1, 0.15) is 17.1 Å². The molecular weight excluding hydrogens is 362 g/mol. The van der Waals surface area contributed by atoms with Gasteiger partial charge in [0.2, 0.25) is 0 Å². The quantitative estimate of drug-likeness (QED) is 0.652. The SMILES string of the molecule is COc1ccc2c(c1)[C@H](NC(=O)c1ccc(-c3ccccc3)cc1)CC(C)(C)O2. The minimum atomic E-state index is -0.364. The topological polar surface area (TPSA) is 47.6 Å². The van der Waals surface area contributed by atoms with Crippen molar-refractivity contribution in [2.75, 3.05) is 7.11 Å². The molecule has 1 atom stereocenters. The van der Waals surface area contributed by atoms with E-state index in [-0.39, 0.29) is 17.6 Å². The molecule has 0 spiro atoms. The Morgan fingerprint density at radius 3 is 2.38 bits per heavy atom. The van der Waals surface area contributed by atoms with Crippen LogP contribution in [0, 0.1) is 0 Å². The van der Waals surface area contributed by atoms with Crippen LogP contribution in [-0.2, 0) is 0 Å². The fourth-order valence-corrected chi connectivity index (χ4v) is 3.77. The highest BCUT2D eigenvalue weighted by Gasteiger charge is 2.35. The summed E-state index contributed by atoms with van der Waals surface area (Å²) in [5, 5.41) is 3.18. The molecule has 1 heterocycles. The van der Waals surface area contributed by atoms with E-state index in [9.17, 15) is 4.79 Å². The summed E-state index contributed by atoms with van der Waals surface area (Å²) in [6.07, 6.45) is 0.682. The number of rotatable bonds is 4. The van der Waals surface area contributed by atoms with Gasteiger partial charge in [0.15, 0.2) is 0 Å². The number of benzene rings is 3. The molecule has 0 saturated carbocycles. The van der Waals surface area contributed by atoms with Crippen LogP contribution in [0.15, 0.2) is 72.8 Å². The standard InChI is InChI=1S/C25H25NO3/c1-25(2)16-22(21-15-20(28-3)13-14-23(21)29-25)26-24(27)19-11-9-18(10-12-19)17-7-5-4-6-8-17/h4-15,22H,16H2,1-3H3,(H,26,27)/t22-/m1/s1. The predicted octanol–water partition coefficient (Wildman–Crippen LogP) is 5.39. The second-order valence-electron chi connectivity index (χ2n) is 7.94. The lowest BCUT2D eigenvalue weighted by Gasteiger charge is -2.38. The van der Waals surface area contributed by atoms with E-state index >= 15 is 0 Å². The third-order valence-corrected chi connectivity index (χ3v) is 5.23. The van der Waals surface area contributed by atoms with Gasteiger partial charge in [-0.25, -0.2) is 0 Å². The smallest absolute Gasteiger partial charge is 0.251 e. The number of fused-ring (bicyclic) bond motifs is 1. The van der Waals surface area contributed by atoms with Gasteiger partial charge in [-0.3, -0.25) is 4.79 Å². The van der Waals surface area contributed by atoms with Gasteiger partial charge in [0.25, 0.3) is 5.91 Å². The van der Waals surface area contributed by atoms with Crippen LogP contribution in [0.4, 0.5) is 0 Å². The number of ether oxygens (including phenoxy) is 2. The van der Waals surface area contributed by atoms with Crippen molar-refractivity contribution in [3.05, 3.63) is 83.9 Å². The van der Waals surface area contributed by atoms with Crippen LogP contribution in [0.2, 0.25) is 0 Å². The second-order valence-corrected chi connectivity index (χ2v) is 7.94. The van der Waals surface area contributed by atoms with Crippen LogP contribution in [0.25, 0.3) is 11.1 Å². The zero-order chi connectivity index (χ0) is 20.4. The third kappa shape index (κ3) is 4.11. The average Bonchev–Trinajstić information content (AvgIpc) is 2.73. The first kappa shape index (κ1) is 19.1. The Labute approximate surface area is 171 Å². The number of carbonyl (C=O) groups excluding carboxylic acids is 1. The first-order valence-electron chi connectivity index (χ1n) is 9.78. The normalized spacial score (nSPS) is 17.0. The molecule has 0 bridgehead atoms. The molecule has 0 saturated heterocycles. The van der Waals surface area contributed by atoms with Crippen molar-refractivity contribution in [2.24, 2.45) is 0 Å². The maximum Gasteiger partial charge on any atom is 0.251 e. The van der Waals surface area contributed by atoms with Crippen LogP contribution in [0.5, 0.6) is 11.5 Å². The van der Waals surface area contributed by atoms with E-state index in [1.165, 1.54) is 0 Å². The molecule has 3 aromatic rings. The van der Waals surface area contributed by atoms with Crippen molar-refractivity contribution in [1.29, 1.82) is 0 Å². The molecule has 4 nitrogen and oxygen atoms in total. The Morgan fingerprint density at radius 1 is 1.00 bits per heavy atom. The summed E-state index contributed by atoms with van der Waals surface area (Å²) < 4.78 is 11.5. The van der Waals surface area contributed by atoms with Gasteiger partial charge < -0.3 is 14.8 Å². The van der Waals surface area contributed by atoms with E-state index < -0.39 is 0 Å². The summed E-state index contributed by atoms with van der Waals surface area (Å²) in [6.45, 7) is 4.07. The fourth-order valence-electron chi connectivity index (χ4n) is 3.77. The predicted molar refractivity (Wildman–Crippen MR) is 114 cm³/mol. The molecule has 1 aliphatic heterocycles. The maximum absolute atomic E-state index is 13.0. The van der Waals surface area contributed by atoms with Gasteiger partial charge in [-0.2, -0.15) is 0 Å². The molecule has 148 valence electrons. The first-order chi connectivity index (χ1) is 13.9. The summed E-state index contributed by atoms with van der Waals surface area (Å²) in [4.78, 5) is 13.0. The zero-order valence-electron chi connectivity index (χ0n) is 16.9. The van der Waals surface area contributed by atoms with Crippen molar-refractivity contribution < 1.29 is 14.3 Å². The molecule has 0 radical (unpaired) electrons. The Balaban J connectivity index is 1.56. The number of hydrogen-bond donors (Lipinski definition) is 1. The number of nitrogens with one attached hydrogen (secondary N) is 1. The molecular formula is C25H25NO3. The minimum Gasteiger partial charge on any atom is -0.497 e. The van der Waals surface area contributed by atoms with Gasteiger partial charge in [0.05, 0.1) is 13.2 Å². The molecule has 1 aliphatic rings. The Bertz CT molecular complexity index is 1010. The summed E-state index contributed by atoms with van der Waals surface area (Å²) in [7, 11) is 1.64. The Morgan fingerprint density at radius 2 is 1.69 bits per heavy atom. The zero-order valence-corrected chi connectivity index (χ0v) is 16.9. The van der Waals surface area contributed by atoms with E-state index in [0.717, 1.165) is 28.2 Å². The van der Waals surface area contributed by atoms with E-state index in [0.29, 0.717) is 12.0 Å². The Hall–Kier alpha value is -3.27. The molecule has 0 aromatic heterocycles. The van der Waals surface area contributed by atoms with Crippen LogP contribution in [-0.4, -0.2) is 18.6 Å². The molecule has 4 rings (SSSR count). The molecule has 1 N–H and O–H groups in total. The fraction of sp³-hybridized carbons (Fsp3) is 0.240. The monoisotopic (exact) mass is 387 g/mol. The van der Waals surface area contributed by atoms with Gasteiger partial charge in [-0.05, 0) is 55.3 Å². The largest absolute Gasteiger partial charge is 0.497 e. The van der Waals surface area contributed by atoms with E-state index in [1.54, 1.807) is 7.11 Å². The van der Waals surface area contributed by atoms with Crippen molar-refractivity contribution in [3.8, 4) is 22.6 Å². The van der Waals surface area contributed by atoms with Crippen LogP contribution in [0.3, 0.4) is 0 Å². The lowest BCUT2D eigenvalue weighted by molar-refractivity contribution is 0.0618. The van der Waals surface area contributed by atoms with Crippen LogP contribution < -0.4 is 14.8 Å². The van der Waals surface area contributed by atoms with Crippen LogP contribution >= 0.6 is 0 Å². The highest BCUT2D eigenvalue weighted by molar-refractivity contribution is 5.95. The van der Waals surface area contributed by atoms with Crippen LogP contribution in [0.1, 0.15) is 42.2 Å². The van der Waals surface area contributed by atoms with Gasteiger partial charge in [0, 0.05) is 17.5 Å². The highest BCUT2D eigenvalue weighted by Crippen LogP contribution is 2.41. The molecule has 3 aromatic carbocycles. The second kappa shape index (κ2) is 7.63. The summed E-state index contributed by atoms with van der Waals surface area (Å²) in [5.41, 5.74) is 3.43. The average molecular weight is 387 g/mol. The lowest BCUT2D eigenvalue weighted by atomic mass is 9.89. The summed E-state index contributed by atoms with van der Waals surface area (Å²) >= 11 is 0. The molecule has 1 amide bonds. The van der Waals surface area contributed by atoms with Crippen molar-refractivity contribution >= 4 is 5.91 Å². The van der Waals surface area contributed by atoms with Gasteiger partial charge >= 0.3 is 0 Å². The third-order valence-electron chi connectivity index (χ3n) is 5.23. The number of amides is 1. The van der Waals surface area contributed by atoms with Gasteiger partial charge in [-0.1, -0.05) is 42.5 Å². The maximum atomic E-state index is 13.0. The minimum absolute atomic E-state index is 0.0962.